The molecule has 0 heterocycles. The van der Waals surface area contributed by atoms with E-state index in [1.807, 2.05) is 6.08 Å². The van der Waals surface area contributed by atoms with Crippen LogP contribution < -0.4 is 0 Å². The molecule has 0 aliphatic rings. The van der Waals surface area contributed by atoms with Crippen molar-refractivity contribution in [3.63, 3.8) is 0 Å². The fourth-order valence-corrected chi connectivity index (χ4v) is 1.83. The lowest BCUT2D eigenvalue weighted by molar-refractivity contribution is 0.161. The molecule has 88 valence electrons. The highest BCUT2D eigenvalue weighted by molar-refractivity contribution is 7.39. The van der Waals surface area contributed by atoms with Crippen LogP contribution in [0.2, 0.25) is 0 Å². The minimum atomic E-state index is -2.24. The molecule has 0 fully saturated rings. The van der Waals surface area contributed by atoms with Crippen molar-refractivity contribution in [2.24, 2.45) is 0 Å². The molecular weight excluding hydrogens is 211 g/mol. The lowest BCUT2D eigenvalue weighted by atomic mass is 10.1. The van der Waals surface area contributed by atoms with E-state index < -0.39 is 8.60 Å². The standard InChI is InChI=1S/C11H21O3P/c1-3-5-6-7-8-10-11(9-4-2)14-15(12)13/h3-4,11-13H,1-2,5-10H2. The van der Waals surface area contributed by atoms with E-state index in [-0.39, 0.29) is 6.10 Å². The van der Waals surface area contributed by atoms with Crippen LogP contribution in [0, 0.1) is 0 Å². The van der Waals surface area contributed by atoms with E-state index in [1.54, 1.807) is 6.08 Å². The van der Waals surface area contributed by atoms with Gasteiger partial charge >= 0.3 is 8.60 Å². The third-order valence-corrected chi connectivity index (χ3v) is 2.59. The highest BCUT2D eigenvalue weighted by atomic mass is 31.2. The maximum atomic E-state index is 8.74. The van der Waals surface area contributed by atoms with Crippen molar-refractivity contribution in [2.45, 2.75) is 44.6 Å². The van der Waals surface area contributed by atoms with Crippen LogP contribution in [-0.2, 0) is 4.52 Å². The van der Waals surface area contributed by atoms with E-state index in [0.29, 0.717) is 6.42 Å². The van der Waals surface area contributed by atoms with Gasteiger partial charge < -0.3 is 14.3 Å². The van der Waals surface area contributed by atoms with Gasteiger partial charge in [-0.05, 0) is 25.7 Å². The topological polar surface area (TPSA) is 49.7 Å². The van der Waals surface area contributed by atoms with E-state index in [1.165, 1.54) is 0 Å². The zero-order valence-electron chi connectivity index (χ0n) is 9.14. The van der Waals surface area contributed by atoms with Gasteiger partial charge in [0.2, 0.25) is 0 Å². The fraction of sp³-hybridized carbons (Fsp3) is 0.636. The highest BCUT2D eigenvalue weighted by Crippen LogP contribution is 2.30. The van der Waals surface area contributed by atoms with Gasteiger partial charge in [-0.25, -0.2) is 0 Å². The van der Waals surface area contributed by atoms with Gasteiger partial charge in [0.15, 0.2) is 0 Å². The van der Waals surface area contributed by atoms with Gasteiger partial charge in [-0.2, -0.15) is 0 Å². The van der Waals surface area contributed by atoms with Gasteiger partial charge in [0.25, 0.3) is 0 Å². The van der Waals surface area contributed by atoms with Crippen molar-refractivity contribution in [1.82, 2.24) is 0 Å². The molecule has 0 aliphatic heterocycles. The Kier molecular flexibility index (Phi) is 10.2. The van der Waals surface area contributed by atoms with Crippen LogP contribution in [-0.4, -0.2) is 15.9 Å². The molecule has 0 bridgehead atoms. The summed E-state index contributed by atoms with van der Waals surface area (Å²) in [6.45, 7) is 7.28. The van der Waals surface area contributed by atoms with Crippen LogP contribution in [0.3, 0.4) is 0 Å². The first-order valence-corrected chi connectivity index (χ1v) is 6.43. The maximum absolute atomic E-state index is 8.74. The summed E-state index contributed by atoms with van der Waals surface area (Å²) in [5.41, 5.74) is 0. The number of hydrogen-bond donors (Lipinski definition) is 2. The Balaban J connectivity index is 3.56. The lowest BCUT2D eigenvalue weighted by Crippen LogP contribution is -2.08. The Bertz CT molecular complexity index is 171. The molecule has 0 amide bonds. The summed E-state index contributed by atoms with van der Waals surface area (Å²) in [5, 5.41) is 0. The van der Waals surface area contributed by atoms with E-state index in [2.05, 4.69) is 13.2 Å². The van der Waals surface area contributed by atoms with Gasteiger partial charge in [0, 0.05) is 0 Å². The Morgan fingerprint density at radius 3 is 2.40 bits per heavy atom. The number of allylic oxidation sites excluding steroid dienone is 1. The monoisotopic (exact) mass is 232 g/mol. The Hall–Kier alpha value is -0.210. The summed E-state index contributed by atoms with van der Waals surface area (Å²) in [6, 6.07) is 0. The molecule has 0 aromatic rings. The van der Waals surface area contributed by atoms with E-state index >= 15 is 0 Å². The van der Waals surface area contributed by atoms with E-state index in [9.17, 15) is 0 Å². The Labute approximate surface area is 93.5 Å². The molecule has 0 aliphatic carbocycles. The summed E-state index contributed by atoms with van der Waals surface area (Å²) < 4.78 is 4.98. The molecule has 15 heavy (non-hydrogen) atoms. The molecular formula is C11H21O3P. The number of hydrogen-bond acceptors (Lipinski definition) is 3. The average Bonchev–Trinajstić information content (AvgIpc) is 2.17. The van der Waals surface area contributed by atoms with Crippen LogP contribution in [0.5, 0.6) is 0 Å². The van der Waals surface area contributed by atoms with Gasteiger partial charge in [-0.15, -0.1) is 13.2 Å². The number of unbranched alkanes of at least 4 members (excludes halogenated alkanes) is 3. The second kappa shape index (κ2) is 10.3. The van der Waals surface area contributed by atoms with Crippen molar-refractivity contribution in [3.05, 3.63) is 25.3 Å². The van der Waals surface area contributed by atoms with Crippen molar-refractivity contribution < 1.29 is 14.3 Å². The SMILES string of the molecule is C=CCCCCCC(CC=C)OP(O)O. The molecule has 0 aromatic carbocycles. The predicted molar refractivity (Wildman–Crippen MR) is 64.3 cm³/mol. The second-order valence-corrected chi connectivity index (χ2v) is 4.15. The molecule has 1 atom stereocenters. The number of rotatable bonds is 10. The third-order valence-electron chi connectivity index (χ3n) is 2.11. The smallest absolute Gasteiger partial charge is 0.327 e. The first-order chi connectivity index (χ1) is 7.20. The Morgan fingerprint density at radius 1 is 1.13 bits per heavy atom. The maximum Gasteiger partial charge on any atom is 0.327 e. The minimum Gasteiger partial charge on any atom is -0.328 e. The largest absolute Gasteiger partial charge is 0.328 e. The molecule has 1 unspecified atom stereocenters. The zero-order chi connectivity index (χ0) is 11.5. The Morgan fingerprint density at radius 2 is 1.87 bits per heavy atom. The molecule has 2 N–H and O–H groups in total. The summed E-state index contributed by atoms with van der Waals surface area (Å²) in [4.78, 5) is 17.5. The van der Waals surface area contributed by atoms with Crippen molar-refractivity contribution in [2.75, 3.05) is 0 Å². The summed E-state index contributed by atoms with van der Waals surface area (Å²) >= 11 is 0. The summed E-state index contributed by atoms with van der Waals surface area (Å²) in [5.74, 6) is 0. The minimum absolute atomic E-state index is 0.104. The van der Waals surface area contributed by atoms with Gasteiger partial charge in [0.1, 0.15) is 0 Å². The molecule has 0 aromatic heterocycles. The third kappa shape index (κ3) is 10.1. The zero-order valence-corrected chi connectivity index (χ0v) is 10.0. The molecule has 0 saturated carbocycles. The average molecular weight is 232 g/mol. The molecule has 0 radical (unpaired) electrons. The van der Waals surface area contributed by atoms with Crippen LogP contribution in [0.4, 0.5) is 0 Å². The van der Waals surface area contributed by atoms with E-state index in [0.717, 1.165) is 32.1 Å². The molecule has 3 nitrogen and oxygen atoms in total. The van der Waals surface area contributed by atoms with Crippen molar-refractivity contribution in [3.8, 4) is 0 Å². The summed E-state index contributed by atoms with van der Waals surface area (Å²) in [6.07, 6.45) is 9.41. The van der Waals surface area contributed by atoms with Crippen molar-refractivity contribution in [1.29, 1.82) is 0 Å². The molecule has 4 heteroatoms. The lowest BCUT2D eigenvalue weighted by Gasteiger charge is -2.15. The van der Waals surface area contributed by atoms with Gasteiger partial charge in [-0.1, -0.05) is 25.0 Å². The second-order valence-electron chi connectivity index (χ2n) is 3.43. The van der Waals surface area contributed by atoms with Crippen LogP contribution in [0.25, 0.3) is 0 Å². The van der Waals surface area contributed by atoms with Crippen LogP contribution in [0.1, 0.15) is 38.5 Å². The molecule has 0 rings (SSSR count). The quantitative estimate of drug-likeness (QED) is 0.345. The first-order valence-electron chi connectivity index (χ1n) is 5.27. The van der Waals surface area contributed by atoms with Gasteiger partial charge in [0.05, 0.1) is 6.10 Å². The molecule has 0 spiro atoms. The van der Waals surface area contributed by atoms with Crippen LogP contribution in [0.15, 0.2) is 25.3 Å². The van der Waals surface area contributed by atoms with Crippen molar-refractivity contribution >= 4 is 8.60 Å². The highest BCUT2D eigenvalue weighted by Gasteiger charge is 2.11. The molecule has 0 saturated heterocycles. The van der Waals surface area contributed by atoms with Crippen LogP contribution >= 0.6 is 8.60 Å². The summed E-state index contributed by atoms with van der Waals surface area (Å²) in [7, 11) is -2.24. The van der Waals surface area contributed by atoms with E-state index in [4.69, 9.17) is 14.3 Å². The normalized spacial score (nSPS) is 12.7. The van der Waals surface area contributed by atoms with Gasteiger partial charge in [-0.3, -0.25) is 0 Å². The first kappa shape index (κ1) is 14.8. The predicted octanol–water partition coefficient (Wildman–Crippen LogP) is 3.30. The fourth-order valence-electron chi connectivity index (χ4n) is 1.37.